The Labute approximate surface area is 125 Å². The van der Waals surface area contributed by atoms with Gasteiger partial charge >= 0.3 is 5.97 Å². The van der Waals surface area contributed by atoms with Crippen LogP contribution in [0.15, 0.2) is 27.1 Å². The van der Waals surface area contributed by atoms with Crippen molar-refractivity contribution in [1.82, 2.24) is 10.6 Å². The molecule has 1 aromatic carbocycles. The van der Waals surface area contributed by atoms with Crippen LogP contribution in [0.5, 0.6) is 0 Å². The Bertz CT molecular complexity index is 499. The highest BCUT2D eigenvalue weighted by atomic mass is 79.9. The summed E-state index contributed by atoms with van der Waals surface area (Å²) in [5, 5.41) is 12.9. The number of amides is 2. The Morgan fingerprint density at radius 2 is 1.58 bits per heavy atom. The van der Waals surface area contributed by atoms with Crippen molar-refractivity contribution in [3.05, 3.63) is 32.7 Å². The molecular formula is C11H10Br2N2O4. The van der Waals surface area contributed by atoms with Gasteiger partial charge in [0.05, 0.1) is 6.54 Å². The van der Waals surface area contributed by atoms with Gasteiger partial charge in [-0.1, -0.05) is 31.9 Å². The standard InChI is InChI=1S/C11H10Br2N2O4/c12-7-1-6(2-8(13)3-7)11(19)15-4-9(16)14-5-10(17)18/h1-3H,4-5H2,(H,14,16)(H,15,19)(H,17,18). The largest absolute Gasteiger partial charge is 0.480 e. The lowest BCUT2D eigenvalue weighted by atomic mass is 10.2. The molecule has 1 aromatic rings. The fourth-order valence-corrected chi connectivity index (χ4v) is 2.48. The van der Waals surface area contributed by atoms with E-state index < -0.39 is 24.3 Å². The van der Waals surface area contributed by atoms with Crippen molar-refractivity contribution in [3.8, 4) is 0 Å². The van der Waals surface area contributed by atoms with Crippen LogP contribution in [0.1, 0.15) is 10.4 Å². The summed E-state index contributed by atoms with van der Waals surface area (Å²) < 4.78 is 1.45. The molecule has 6 nitrogen and oxygen atoms in total. The van der Waals surface area contributed by atoms with Crippen LogP contribution in [-0.4, -0.2) is 36.0 Å². The quantitative estimate of drug-likeness (QED) is 0.699. The summed E-state index contributed by atoms with van der Waals surface area (Å²) in [6.45, 7) is -0.757. The zero-order chi connectivity index (χ0) is 14.4. The summed E-state index contributed by atoms with van der Waals surface area (Å²) in [5.74, 6) is -2.13. The fourth-order valence-electron chi connectivity index (χ4n) is 1.18. The molecule has 1 rings (SSSR count). The molecule has 0 radical (unpaired) electrons. The van der Waals surface area contributed by atoms with E-state index in [2.05, 4.69) is 42.5 Å². The highest BCUT2D eigenvalue weighted by molar-refractivity contribution is 9.11. The molecule has 19 heavy (non-hydrogen) atoms. The molecule has 0 heterocycles. The van der Waals surface area contributed by atoms with Crippen molar-refractivity contribution in [1.29, 1.82) is 0 Å². The molecule has 0 aliphatic rings. The number of benzene rings is 1. The van der Waals surface area contributed by atoms with Gasteiger partial charge in [0.2, 0.25) is 5.91 Å². The first-order valence-electron chi connectivity index (χ1n) is 5.11. The maximum Gasteiger partial charge on any atom is 0.322 e. The number of carboxylic acid groups (broad SMARTS) is 1. The Morgan fingerprint density at radius 1 is 1.00 bits per heavy atom. The van der Waals surface area contributed by atoms with E-state index >= 15 is 0 Å². The number of halogens is 2. The van der Waals surface area contributed by atoms with Crippen molar-refractivity contribution in [2.24, 2.45) is 0 Å². The molecule has 0 aliphatic carbocycles. The third-order valence-corrected chi connectivity index (χ3v) is 2.89. The van der Waals surface area contributed by atoms with Crippen LogP contribution in [0.2, 0.25) is 0 Å². The first-order valence-corrected chi connectivity index (χ1v) is 6.70. The van der Waals surface area contributed by atoms with E-state index in [1.54, 1.807) is 18.2 Å². The minimum absolute atomic E-state index is 0.282. The van der Waals surface area contributed by atoms with Gasteiger partial charge < -0.3 is 15.7 Å². The second kappa shape index (κ2) is 7.25. The van der Waals surface area contributed by atoms with Crippen LogP contribution in [0, 0.1) is 0 Å². The molecule has 0 aliphatic heterocycles. The Hall–Kier alpha value is -1.41. The summed E-state index contributed by atoms with van der Waals surface area (Å²) in [6, 6.07) is 4.99. The van der Waals surface area contributed by atoms with Gasteiger partial charge in [-0.15, -0.1) is 0 Å². The zero-order valence-electron chi connectivity index (χ0n) is 9.57. The van der Waals surface area contributed by atoms with E-state index in [0.29, 0.717) is 5.56 Å². The van der Waals surface area contributed by atoms with E-state index in [1.807, 2.05) is 0 Å². The van der Waals surface area contributed by atoms with Crippen molar-refractivity contribution in [3.63, 3.8) is 0 Å². The van der Waals surface area contributed by atoms with Gasteiger partial charge in [-0.25, -0.2) is 0 Å². The molecule has 102 valence electrons. The predicted octanol–water partition coefficient (Wildman–Crippen LogP) is 1.14. The molecule has 0 saturated heterocycles. The smallest absolute Gasteiger partial charge is 0.322 e. The minimum Gasteiger partial charge on any atom is -0.480 e. The van der Waals surface area contributed by atoms with Gasteiger partial charge in [-0.3, -0.25) is 14.4 Å². The SMILES string of the molecule is O=C(O)CNC(=O)CNC(=O)c1cc(Br)cc(Br)c1. The number of carbonyl (C=O) groups is 3. The molecule has 3 N–H and O–H groups in total. The number of carbonyl (C=O) groups excluding carboxylic acids is 2. The van der Waals surface area contributed by atoms with Gasteiger partial charge in [0.1, 0.15) is 6.54 Å². The second-order valence-corrected chi connectivity index (χ2v) is 5.34. The summed E-state index contributed by atoms with van der Waals surface area (Å²) in [5.41, 5.74) is 0.382. The predicted molar refractivity (Wildman–Crippen MR) is 74.8 cm³/mol. The lowest BCUT2D eigenvalue weighted by Gasteiger charge is -2.06. The summed E-state index contributed by atoms with van der Waals surface area (Å²) in [6.07, 6.45) is 0. The molecule has 0 aromatic heterocycles. The van der Waals surface area contributed by atoms with Crippen molar-refractivity contribution >= 4 is 49.6 Å². The minimum atomic E-state index is -1.14. The molecular weight excluding hydrogens is 384 g/mol. The number of aliphatic carboxylic acids is 1. The second-order valence-electron chi connectivity index (χ2n) is 3.51. The Balaban J connectivity index is 2.51. The first kappa shape index (κ1) is 15.6. The van der Waals surface area contributed by atoms with Crippen LogP contribution in [0.4, 0.5) is 0 Å². The molecule has 8 heteroatoms. The third kappa shape index (κ3) is 5.84. The molecule has 2 amide bonds. The number of carboxylic acids is 1. The molecule has 0 unspecified atom stereocenters. The van der Waals surface area contributed by atoms with Crippen LogP contribution in [0.3, 0.4) is 0 Å². The lowest BCUT2D eigenvalue weighted by Crippen LogP contribution is -2.39. The average molecular weight is 394 g/mol. The summed E-state index contributed by atoms with van der Waals surface area (Å²) in [4.78, 5) is 33.2. The van der Waals surface area contributed by atoms with Gasteiger partial charge in [0.25, 0.3) is 5.91 Å². The molecule has 0 atom stereocenters. The maximum absolute atomic E-state index is 11.7. The number of rotatable bonds is 5. The van der Waals surface area contributed by atoms with Crippen molar-refractivity contribution in [2.75, 3.05) is 13.1 Å². The number of hydrogen-bond donors (Lipinski definition) is 3. The van der Waals surface area contributed by atoms with Crippen molar-refractivity contribution in [2.45, 2.75) is 0 Å². The number of hydrogen-bond acceptors (Lipinski definition) is 3. The lowest BCUT2D eigenvalue weighted by molar-refractivity contribution is -0.137. The van der Waals surface area contributed by atoms with Crippen LogP contribution in [0.25, 0.3) is 0 Å². The Morgan fingerprint density at radius 3 is 2.11 bits per heavy atom. The molecule has 0 fully saturated rings. The zero-order valence-corrected chi connectivity index (χ0v) is 12.7. The van der Waals surface area contributed by atoms with Crippen LogP contribution in [-0.2, 0) is 9.59 Å². The van der Waals surface area contributed by atoms with E-state index in [1.165, 1.54) is 0 Å². The van der Waals surface area contributed by atoms with Gasteiger partial charge in [-0.05, 0) is 18.2 Å². The first-order chi connectivity index (χ1) is 8.88. The maximum atomic E-state index is 11.7. The third-order valence-electron chi connectivity index (χ3n) is 1.97. The van der Waals surface area contributed by atoms with Crippen LogP contribution < -0.4 is 10.6 Å². The topological polar surface area (TPSA) is 95.5 Å². The molecule has 0 spiro atoms. The average Bonchev–Trinajstić information content (AvgIpc) is 2.32. The van der Waals surface area contributed by atoms with E-state index in [4.69, 9.17) is 5.11 Å². The summed E-state index contributed by atoms with van der Waals surface area (Å²) >= 11 is 6.50. The van der Waals surface area contributed by atoms with E-state index in [-0.39, 0.29) is 6.54 Å². The van der Waals surface area contributed by atoms with Crippen molar-refractivity contribution < 1.29 is 19.5 Å². The van der Waals surface area contributed by atoms with Gasteiger partial charge in [-0.2, -0.15) is 0 Å². The van der Waals surface area contributed by atoms with Gasteiger partial charge in [0, 0.05) is 14.5 Å². The van der Waals surface area contributed by atoms with Gasteiger partial charge in [0.15, 0.2) is 0 Å². The fraction of sp³-hybridized carbons (Fsp3) is 0.182. The van der Waals surface area contributed by atoms with E-state index in [0.717, 1.165) is 8.95 Å². The normalized spacial score (nSPS) is 9.79. The monoisotopic (exact) mass is 392 g/mol. The Kier molecular flexibility index (Phi) is 5.97. The molecule has 0 saturated carbocycles. The van der Waals surface area contributed by atoms with E-state index in [9.17, 15) is 14.4 Å². The van der Waals surface area contributed by atoms with Crippen LogP contribution >= 0.6 is 31.9 Å². The number of nitrogens with one attached hydrogen (secondary N) is 2. The summed E-state index contributed by atoms with van der Waals surface area (Å²) in [7, 11) is 0. The molecule has 0 bridgehead atoms. The highest BCUT2D eigenvalue weighted by Crippen LogP contribution is 2.19. The highest BCUT2D eigenvalue weighted by Gasteiger charge is 2.10.